The molecule has 0 aliphatic carbocycles. The first-order chi connectivity index (χ1) is 13.6. The van der Waals surface area contributed by atoms with Crippen LogP contribution in [0.3, 0.4) is 0 Å². The molecule has 1 amide bonds. The molecule has 28 heavy (non-hydrogen) atoms. The van der Waals surface area contributed by atoms with Crippen molar-refractivity contribution in [2.75, 3.05) is 25.2 Å². The first-order valence-corrected chi connectivity index (χ1v) is 9.70. The van der Waals surface area contributed by atoms with E-state index in [2.05, 4.69) is 11.6 Å². The van der Waals surface area contributed by atoms with Crippen molar-refractivity contribution >= 4 is 22.4 Å². The fourth-order valence-electron chi connectivity index (χ4n) is 2.66. The molecule has 1 aromatic heterocycles. The number of methoxy groups -OCH3 is 1. The van der Waals surface area contributed by atoms with Crippen LogP contribution in [0.5, 0.6) is 11.5 Å². The Bertz CT molecular complexity index is 953. The van der Waals surface area contributed by atoms with E-state index in [1.165, 1.54) is 11.3 Å². The number of hydrogen-bond donors (Lipinski definition) is 0. The van der Waals surface area contributed by atoms with Gasteiger partial charge in [0.05, 0.1) is 12.8 Å². The molecule has 6 heteroatoms. The van der Waals surface area contributed by atoms with Crippen molar-refractivity contribution in [3.05, 3.63) is 72.1 Å². The minimum absolute atomic E-state index is 0.118. The molecule has 0 fully saturated rings. The number of benzene rings is 2. The van der Waals surface area contributed by atoms with Crippen LogP contribution in [0.4, 0.5) is 5.13 Å². The lowest BCUT2D eigenvalue weighted by Gasteiger charge is -2.19. The number of amides is 1. The summed E-state index contributed by atoms with van der Waals surface area (Å²) in [5, 5.41) is 2.56. The van der Waals surface area contributed by atoms with E-state index >= 15 is 0 Å². The van der Waals surface area contributed by atoms with Gasteiger partial charge in [0.25, 0.3) is 5.91 Å². The third kappa shape index (κ3) is 4.58. The standard InChI is InChI=1S/C22H22N2O3S/c1-4-12-24(22-23-18(15-28-22)17-8-6-5-7-9-17)21(25)14-27-19-11-10-16(2)13-20(19)26-3/h4-11,13,15H,1,12,14H2,2-3H3. The van der Waals surface area contributed by atoms with Gasteiger partial charge >= 0.3 is 0 Å². The summed E-state index contributed by atoms with van der Waals surface area (Å²) in [6, 6.07) is 15.5. The summed E-state index contributed by atoms with van der Waals surface area (Å²) in [4.78, 5) is 19.0. The summed E-state index contributed by atoms with van der Waals surface area (Å²) in [7, 11) is 1.58. The molecule has 0 saturated heterocycles. The smallest absolute Gasteiger partial charge is 0.266 e. The van der Waals surface area contributed by atoms with Crippen LogP contribution in [-0.4, -0.2) is 31.2 Å². The number of aryl methyl sites for hydroxylation is 1. The number of hydrogen-bond acceptors (Lipinski definition) is 5. The molecule has 0 spiro atoms. The summed E-state index contributed by atoms with van der Waals surface area (Å²) < 4.78 is 11.0. The van der Waals surface area contributed by atoms with E-state index in [-0.39, 0.29) is 12.5 Å². The second-order valence-electron chi connectivity index (χ2n) is 6.12. The fourth-order valence-corrected chi connectivity index (χ4v) is 3.52. The number of aromatic nitrogens is 1. The highest BCUT2D eigenvalue weighted by Crippen LogP contribution is 2.29. The predicted octanol–water partition coefficient (Wildman–Crippen LogP) is 4.73. The third-order valence-corrected chi connectivity index (χ3v) is 4.94. The van der Waals surface area contributed by atoms with Gasteiger partial charge in [0.1, 0.15) is 0 Å². The number of carbonyl (C=O) groups excluding carboxylic acids is 1. The van der Waals surface area contributed by atoms with Gasteiger partial charge in [-0.05, 0) is 24.6 Å². The fraction of sp³-hybridized carbons (Fsp3) is 0.182. The van der Waals surface area contributed by atoms with Crippen LogP contribution in [0.25, 0.3) is 11.3 Å². The van der Waals surface area contributed by atoms with Crippen molar-refractivity contribution in [2.45, 2.75) is 6.92 Å². The van der Waals surface area contributed by atoms with E-state index in [1.54, 1.807) is 24.2 Å². The number of carbonyl (C=O) groups is 1. The second-order valence-corrected chi connectivity index (χ2v) is 6.95. The maximum Gasteiger partial charge on any atom is 0.266 e. The van der Waals surface area contributed by atoms with Crippen LogP contribution in [0.2, 0.25) is 0 Å². The van der Waals surface area contributed by atoms with Gasteiger partial charge in [-0.2, -0.15) is 0 Å². The van der Waals surface area contributed by atoms with Crippen LogP contribution in [0.1, 0.15) is 5.56 Å². The molecule has 144 valence electrons. The average molecular weight is 394 g/mol. The maximum atomic E-state index is 12.8. The minimum atomic E-state index is -0.198. The molecule has 0 aliphatic heterocycles. The normalized spacial score (nSPS) is 10.4. The summed E-state index contributed by atoms with van der Waals surface area (Å²) in [6.07, 6.45) is 1.67. The van der Waals surface area contributed by atoms with Crippen LogP contribution < -0.4 is 14.4 Å². The van der Waals surface area contributed by atoms with Gasteiger partial charge in [0.15, 0.2) is 23.2 Å². The van der Waals surface area contributed by atoms with Gasteiger partial charge in [-0.15, -0.1) is 17.9 Å². The molecule has 3 rings (SSSR count). The van der Waals surface area contributed by atoms with Crippen molar-refractivity contribution in [1.29, 1.82) is 0 Å². The van der Waals surface area contributed by atoms with Crippen molar-refractivity contribution in [2.24, 2.45) is 0 Å². The summed E-state index contributed by atoms with van der Waals surface area (Å²) in [6.45, 7) is 5.96. The molecule has 0 atom stereocenters. The topological polar surface area (TPSA) is 51.7 Å². The molecule has 3 aromatic rings. The second kappa shape index (κ2) is 9.19. The van der Waals surface area contributed by atoms with Crippen LogP contribution >= 0.6 is 11.3 Å². The van der Waals surface area contributed by atoms with Gasteiger partial charge in [0, 0.05) is 17.5 Å². The van der Waals surface area contributed by atoms with Gasteiger partial charge in [0.2, 0.25) is 0 Å². The van der Waals surface area contributed by atoms with Gasteiger partial charge in [-0.3, -0.25) is 9.69 Å². The Kier molecular flexibility index (Phi) is 6.45. The lowest BCUT2D eigenvalue weighted by Crippen LogP contribution is -2.35. The molecule has 0 N–H and O–H groups in total. The molecule has 0 radical (unpaired) electrons. The van der Waals surface area contributed by atoms with E-state index < -0.39 is 0 Å². The number of rotatable bonds is 8. The molecular weight excluding hydrogens is 372 g/mol. The summed E-state index contributed by atoms with van der Waals surface area (Å²) in [5.74, 6) is 0.935. The zero-order chi connectivity index (χ0) is 19.9. The zero-order valence-corrected chi connectivity index (χ0v) is 16.7. The SMILES string of the molecule is C=CCN(C(=O)COc1ccc(C)cc1OC)c1nc(-c2ccccc2)cs1. The molecule has 0 aliphatic rings. The molecular formula is C22H22N2O3S. The Morgan fingerprint density at radius 3 is 2.71 bits per heavy atom. The Labute approximate surface area is 168 Å². The Morgan fingerprint density at radius 1 is 1.21 bits per heavy atom. The number of thiazole rings is 1. The van der Waals surface area contributed by atoms with Crippen molar-refractivity contribution in [3.8, 4) is 22.8 Å². The summed E-state index contributed by atoms with van der Waals surface area (Å²) >= 11 is 1.42. The van der Waals surface area contributed by atoms with Crippen molar-refractivity contribution in [1.82, 2.24) is 4.98 Å². The minimum Gasteiger partial charge on any atom is -0.493 e. The Hall–Kier alpha value is -3.12. The molecule has 1 heterocycles. The van der Waals surface area contributed by atoms with E-state index in [1.807, 2.05) is 54.8 Å². The first kappa shape index (κ1) is 19.6. The quantitative estimate of drug-likeness (QED) is 0.519. The van der Waals surface area contributed by atoms with E-state index in [9.17, 15) is 4.79 Å². The van der Waals surface area contributed by atoms with Crippen molar-refractivity contribution in [3.63, 3.8) is 0 Å². The molecule has 0 saturated carbocycles. The molecule has 2 aromatic carbocycles. The number of anilines is 1. The van der Waals surface area contributed by atoms with E-state index in [4.69, 9.17) is 9.47 Å². The van der Waals surface area contributed by atoms with Crippen molar-refractivity contribution < 1.29 is 14.3 Å². The lowest BCUT2D eigenvalue weighted by molar-refractivity contribution is -0.120. The van der Waals surface area contributed by atoms with Crippen LogP contribution in [0.15, 0.2) is 66.6 Å². The van der Waals surface area contributed by atoms with E-state index in [0.717, 1.165) is 16.8 Å². The van der Waals surface area contributed by atoms with Gasteiger partial charge < -0.3 is 9.47 Å². The van der Waals surface area contributed by atoms with Crippen LogP contribution in [-0.2, 0) is 4.79 Å². The number of nitrogens with zero attached hydrogens (tertiary/aromatic N) is 2. The zero-order valence-electron chi connectivity index (χ0n) is 15.9. The van der Waals surface area contributed by atoms with Crippen LogP contribution in [0, 0.1) is 6.92 Å². The lowest BCUT2D eigenvalue weighted by atomic mass is 10.2. The Balaban J connectivity index is 1.74. The average Bonchev–Trinajstić information content (AvgIpc) is 3.21. The van der Waals surface area contributed by atoms with Gasteiger partial charge in [-0.1, -0.05) is 42.5 Å². The highest BCUT2D eigenvalue weighted by atomic mass is 32.1. The largest absolute Gasteiger partial charge is 0.493 e. The highest BCUT2D eigenvalue weighted by molar-refractivity contribution is 7.14. The maximum absolute atomic E-state index is 12.8. The predicted molar refractivity (Wildman–Crippen MR) is 113 cm³/mol. The van der Waals surface area contributed by atoms with E-state index in [0.29, 0.717) is 23.2 Å². The Morgan fingerprint density at radius 2 is 2.00 bits per heavy atom. The third-order valence-electron chi connectivity index (χ3n) is 4.08. The number of ether oxygens (including phenoxy) is 2. The molecule has 5 nitrogen and oxygen atoms in total. The summed E-state index contributed by atoms with van der Waals surface area (Å²) in [5.41, 5.74) is 2.90. The first-order valence-electron chi connectivity index (χ1n) is 8.82. The molecule has 0 unspecified atom stereocenters. The van der Waals surface area contributed by atoms with Gasteiger partial charge in [-0.25, -0.2) is 4.98 Å². The monoisotopic (exact) mass is 394 g/mol. The highest BCUT2D eigenvalue weighted by Gasteiger charge is 2.19. The molecule has 0 bridgehead atoms.